The molecule has 2 aromatic heterocycles. The summed E-state index contributed by atoms with van der Waals surface area (Å²) < 4.78 is 29.9. The van der Waals surface area contributed by atoms with Gasteiger partial charge in [-0.15, -0.1) is 10.2 Å². The van der Waals surface area contributed by atoms with Gasteiger partial charge in [0, 0.05) is 67.7 Å². The van der Waals surface area contributed by atoms with Crippen LogP contribution >= 0.6 is 11.6 Å². The van der Waals surface area contributed by atoms with Gasteiger partial charge >= 0.3 is 0 Å². The molecule has 0 atom stereocenters. The number of aryl methyl sites for hydroxylation is 1. The van der Waals surface area contributed by atoms with Crippen LogP contribution in [0.15, 0.2) is 36.5 Å². The summed E-state index contributed by atoms with van der Waals surface area (Å²) >= 11 is 6.36. The van der Waals surface area contributed by atoms with Gasteiger partial charge in [0.05, 0.1) is 12.2 Å². The van der Waals surface area contributed by atoms with E-state index < -0.39 is 11.5 Å². The molecular formula is C26H28ClF2N7. The first kappa shape index (κ1) is 22.4. The molecule has 4 aliphatic rings. The molecule has 0 amide bonds. The molecule has 7 nitrogen and oxygen atoms in total. The van der Waals surface area contributed by atoms with Crippen molar-refractivity contribution in [3.63, 3.8) is 0 Å². The number of nitrogens with zero attached hydrogens (tertiary/aromatic N) is 7. The number of hydrogen-bond donors (Lipinski definition) is 0. The lowest BCUT2D eigenvalue weighted by molar-refractivity contribution is -0.173. The lowest BCUT2D eigenvalue weighted by Crippen LogP contribution is -2.73. The van der Waals surface area contributed by atoms with Crippen LogP contribution < -0.4 is 9.80 Å². The van der Waals surface area contributed by atoms with Gasteiger partial charge in [-0.3, -0.25) is 9.47 Å². The van der Waals surface area contributed by atoms with Gasteiger partial charge in [0.15, 0.2) is 5.82 Å². The Bertz CT molecular complexity index is 1330. The van der Waals surface area contributed by atoms with E-state index in [4.69, 9.17) is 11.6 Å². The molecule has 0 bridgehead atoms. The zero-order chi connectivity index (χ0) is 24.9. The lowest BCUT2D eigenvalue weighted by atomic mass is 9.73. The average Bonchev–Trinajstić information content (AvgIpc) is 3.06. The molecule has 7 rings (SSSR count). The van der Waals surface area contributed by atoms with Crippen molar-refractivity contribution in [2.75, 3.05) is 36.0 Å². The van der Waals surface area contributed by atoms with E-state index in [2.05, 4.69) is 46.6 Å². The molecule has 1 saturated carbocycles. The predicted molar refractivity (Wildman–Crippen MR) is 134 cm³/mol. The maximum Gasteiger partial charge on any atom is 0.251 e. The summed E-state index contributed by atoms with van der Waals surface area (Å²) in [6.07, 6.45) is 1.63. The molecule has 0 N–H and O–H groups in total. The molecule has 10 heteroatoms. The van der Waals surface area contributed by atoms with Crippen LogP contribution in [0.5, 0.6) is 0 Å². The molecule has 1 aliphatic carbocycles. The smallest absolute Gasteiger partial charge is 0.251 e. The Kier molecular flexibility index (Phi) is 4.60. The van der Waals surface area contributed by atoms with Crippen molar-refractivity contribution in [3.05, 3.63) is 58.5 Å². The van der Waals surface area contributed by atoms with E-state index in [1.54, 1.807) is 0 Å². The molecule has 5 heterocycles. The van der Waals surface area contributed by atoms with E-state index >= 15 is 0 Å². The zero-order valence-electron chi connectivity index (χ0n) is 20.4. The van der Waals surface area contributed by atoms with Crippen molar-refractivity contribution in [1.82, 2.24) is 24.6 Å². The minimum atomic E-state index is -2.60. The molecule has 36 heavy (non-hydrogen) atoms. The molecule has 0 radical (unpaired) electrons. The largest absolute Gasteiger partial charge is 0.355 e. The summed E-state index contributed by atoms with van der Waals surface area (Å²) in [6.45, 7) is 8.76. The normalized spacial score (nSPS) is 23.2. The Morgan fingerprint density at radius 1 is 0.944 bits per heavy atom. The Labute approximate surface area is 213 Å². The van der Waals surface area contributed by atoms with Gasteiger partial charge < -0.3 is 9.80 Å². The van der Waals surface area contributed by atoms with Crippen LogP contribution in [0.4, 0.5) is 20.5 Å². The van der Waals surface area contributed by atoms with E-state index in [0.29, 0.717) is 18.1 Å². The molecule has 0 unspecified atom stereocenters. The zero-order valence-corrected chi connectivity index (χ0v) is 21.1. The van der Waals surface area contributed by atoms with E-state index in [1.807, 2.05) is 38.2 Å². The van der Waals surface area contributed by atoms with Crippen LogP contribution in [0.1, 0.15) is 36.7 Å². The van der Waals surface area contributed by atoms with Crippen LogP contribution in [0.3, 0.4) is 0 Å². The number of benzene rings is 1. The fourth-order valence-corrected chi connectivity index (χ4v) is 6.73. The number of anilines is 2. The fourth-order valence-electron chi connectivity index (χ4n) is 6.54. The molecule has 188 valence electrons. The maximum absolute atomic E-state index is 13.9. The molecule has 3 aromatic rings. The van der Waals surface area contributed by atoms with Crippen molar-refractivity contribution in [3.8, 4) is 5.69 Å². The van der Waals surface area contributed by atoms with Gasteiger partial charge in [0.2, 0.25) is 5.95 Å². The molecule has 1 spiro atoms. The molecule has 1 aromatic carbocycles. The van der Waals surface area contributed by atoms with Gasteiger partial charge in [0.25, 0.3) is 5.92 Å². The first-order valence-corrected chi connectivity index (χ1v) is 12.8. The summed E-state index contributed by atoms with van der Waals surface area (Å²) in [5.74, 6) is 0.0231. The van der Waals surface area contributed by atoms with Crippen LogP contribution in [-0.2, 0) is 13.1 Å². The van der Waals surface area contributed by atoms with Gasteiger partial charge in [-0.25, -0.2) is 13.8 Å². The minimum absolute atomic E-state index is 0.141. The highest BCUT2D eigenvalue weighted by Crippen LogP contribution is 2.51. The molecule has 2 saturated heterocycles. The standard InChI is InChI=1S/C26H28ClF2N7/c1-17-3-6-21(30-8-17)33-13-25(14-33)15-34(16-25)23-32-31-22-10-35(24(2)11-26(28,29)12-24)9-18-7-19(27)4-5-20(18)36(22)23/h3-8H,9-16H2,1-2H3. The van der Waals surface area contributed by atoms with Gasteiger partial charge in [0.1, 0.15) is 5.82 Å². The van der Waals surface area contributed by atoms with Crippen molar-refractivity contribution in [1.29, 1.82) is 0 Å². The number of aromatic nitrogens is 4. The third kappa shape index (κ3) is 3.43. The molecule has 3 aliphatic heterocycles. The highest BCUT2D eigenvalue weighted by Gasteiger charge is 2.57. The van der Waals surface area contributed by atoms with E-state index in [1.165, 1.54) is 0 Å². The SMILES string of the molecule is Cc1ccc(N2CC3(C2)CN(c2nnc4n2-c2ccc(Cl)cc2CN(C2(C)CC(F)(F)C2)C4)C3)nc1. The number of halogens is 3. The average molecular weight is 512 g/mol. The van der Waals surface area contributed by atoms with E-state index in [0.717, 1.165) is 60.6 Å². The van der Waals surface area contributed by atoms with E-state index in [-0.39, 0.29) is 18.3 Å². The molecular weight excluding hydrogens is 484 g/mol. The van der Waals surface area contributed by atoms with Gasteiger partial charge in [-0.05, 0) is 49.2 Å². The highest BCUT2D eigenvalue weighted by molar-refractivity contribution is 6.30. The summed E-state index contributed by atoms with van der Waals surface area (Å²) in [4.78, 5) is 11.3. The monoisotopic (exact) mass is 511 g/mol. The topological polar surface area (TPSA) is 53.3 Å². The molecule has 3 fully saturated rings. The summed E-state index contributed by atoms with van der Waals surface area (Å²) in [5.41, 5.74) is 2.81. The summed E-state index contributed by atoms with van der Waals surface area (Å²) in [7, 11) is 0. The minimum Gasteiger partial charge on any atom is -0.355 e. The Morgan fingerprint density at radius 2 is 1.69 bits per heavy atom. The Hall–Kier alpha value is -2.78. The number of hydrogen-bond acceptors (Lipinski definition) is 6. The number of pyridine rings is 1. The van der Waals surface area contributed by atoms with Crippen molar-refractivity contribution in [2.24, 2.45) is 5.41 Å². The van der Waals surface area contributed by atoms with Gasteiger partial charge in [-0.1, -0.05) is 17.7 Å². The Balaban J connectivity index is 1.14. The van der Waals surface area contributed by atoms with Crippen molar-refractivity contribution >= 4 is 23.4 Å². The third-order valence-electron chi connectivity index (χ3n) is 8.34. The van der Waals surface area contributed by atoms with Crippen LogP contribution in [0.25, 0.3) is 5.69 Å². The number of alkyl halides is 2. The van der Waals surface area contributed by atoms with Crippen molar-refractivity contribution in [2.45, 2.75) is 51.2 Å². The second kappa shape index (κ2) is 7.38. The Morgan fingerprint density at radius 3 is 2.39 bits per heavy atom. The second-order valence-corrected chi connectivity index (χ2v) is 11.9. The number of rotatable bonds is 3. The third-order valence-corrected chi connectivity index (χ3v) is 8.57. The second-order valence-electron chi connectivity index (χ2n) is 11.5. The first-order valence-electron chi connectivity index (χ1n) is 12.4. The number of fused-ring (bicyclic) bond motifs is 3. The summed E-state index contributed by atoms with van der Waals surface area (Å²) in [5, 5.41) is 9.78. The van der Waals surface area contributed by atoms with Gasteiger partial charge in [-0.2, -0.15) is 0 Å². The quantitative estimate of drug-likeness (QED) is 0.518. The van der Waals surface area contributed by atoms with E-state index in [9.17, 15) is 8.78 Å². The highest BCUT2D eigenvalue weighted by atomic mass is 35.5. The summed E-state index contributed by atoms with van der Waals surface area (Å²) in [6, 6.07) is 10.0. The van der Waals surface area contributed by atoms with Crippen LogP contribution in [0, 0.1) is 12.3 Å². The first-order chi connectivity index (χ1) is 17.1. The van der Waals surface area contributed by atoms with Crippen LogP contribution in [0.2, 0.25) is 5.02 Å². The van der Waals surface area contributed by atoms with Crippen LogP contribution in [-0.4, -0.2) is 62.3 Å². The lowest BCUT2D eigenvalue weighted by Gasteiger charge is -2.60. The predicted octanol–water partition coefficient (Wildman–Crippen LogP) is 4.45. The van der Waals surface area contributed by atoms with Crippen molar-refractivity contribution < 1.29 is 8.78 Å². The fraction of sp³-hybridized carbons (Fsp3) is 0.500. The maximum atomic E-state index is 13.9.